The van der Waals surface area contributed by atoms with Crippen LogP contribution < -0.4 is 10.6 Å². The molecule has 0 atom stereocenters. The van der Waals surface area contributed by atoms with Gasteiger partial charge in [0.1, 0.15) is 6.67 Å². The Bertz CT molecular complexity index is 804. The van der Waals surface area contributed by atoms with Gasteiger partial charge in [0.05, 0.1) is 0 Å². The summed E-state index contributed by atoms with van der Waals surface area (Å²) in [5.41, 5.74) is 6.59. The van der Waals surface area contributed by atoms with Crippen LogP contribution in [0.1, 0.15) is 58.9 Å². The highest BCUT2D eigenvalue weighted by atomic mass is 16.1. The summed E-state index contributed by atoms with van der Waals surface area (Å²) < 4.78 is 0. The number of aliphatic imine (C=N–C) groups is 1. The van der Waals surface area contributed by atoms with E-state index < -0.39 is 0 Å². The predicted molar refractivity (Wildman–Crippen MR) is 141 cm³/mol. The topological polar surface area (TPSA) is 56.7 Å². The van der Waals surface area contributed by atoms with Crippen LogP contribution in [0.25, 0.3) is 0 Å². The monoisotopic (exact) mass is 438 g/mol. The Morgan fingerprint density at radius 2 is 2.00 bits per heavy atom. The molecule has 0 unspecified atom stereocenters. The van der Waals surface area contributed by atoms with Crippen molar-refractivity contribution in [3.8, 4) is 0 Å². The van der Waals surface area contributed by atoms with Gasteiger partial charge in [-0.15, -0.1) is 0 Å². The molecule has 0 aliphatic carbocycles. The number of allylic oxidation sites excluding steroid dienone is 3. The smallest absolute Gasteiger partial charge is 0.211 e. The summed E-state index contributed by atoms with van der Waals surface area (Å²) in [5, 5.41) is 6.06. The zero-order valence-corrected chi connectivity index (χ0v) is 20.7. The van der Waals surface area contributed by atoms with Crippen molar-refractivity contribution >= 4 is 23.5 Å². The molecule has 0 aliphatic heterocycles. The molecule has 0 fully saturated rings. The average Bonchev–Trinajstić information content (AvgIpc) is 2.77. The van der Waals surface area contributed by atoms with Gasteiger partial charge in [0.15, 0.2) is 0 Å². The Labute approximate surface area is 195 Å². The van der Waals surface area contributed by atoms with Crippen LogP contribution in [0, 0.1) is 0 Å². The fourth-order valence-electron chi connectivity index (χ4n) is 3.35. The first-order valence-corrected chi connectivity index (χ1v) is 11.7. The van der Waals surface area contributed by atoms with Crippen LogP contribution in [0.15, 0.2) is 59.1 Å². The van der Waals surface area contributed by atoms with Gasteiger partial charge in [0, 0.05) is 30.1 Å². The number of aryl methyl sites for hydroxylation is 1. The van der Waals surface area contributed by atoms with Crippen LogP contribution in [0.2, 0.25) is 0 Å². The van der Waals surface area contributed by atoms with E-state index in [1.807, 2.05) is 24.3 Å². The molecule has 1 amide bonds. The molecule has 0 spiro atoms. The van der Waals surface area contributed by atoms with Gasteiger partial charge in [-0.25, -0.2) is 0 Å². The number of benzene rings is 1. The minimum Gasteiger partial charge on any atom is -0.366 e. The first-order valence-electron chi connectivity index (χ1n) is 11.7. The second-order valence-corrected chi connectivity index (χ2v) is 8.25. The molecule has 0 saturated carbocycles. The highest BCUT2D eigenvalue weighted by molar-refractivity contribution is 5.95. The number of hydrogen-bond acceptors (Lipinski definition) is 4. The van der Waals surface area contributed by atoms with Gasteiger partial charge in [0.25, 0.3) is 0 Å². The lowest BCUT2D eigenvalue weighted by Crippen LogP contribution is -2.22. The Morgan fingerprint density at radius 3 is 2.62 bits per heavy atom. The van der Waals surface area contributed by atoms with E-state index in [1.165, 1.54) is 36.0 Å². The molecule has 32 heavy (non-hydrogen) atoms. The van der Waals surface area contributed by atoms with E-state index in [2.05, 4.69) is 74.0 Å². The van der Waals surface area contributed by atoms with E-state index in [0.29, 0.717) is 13.1 Å². The second-order valence-electron chi connectivity index (χ2n) is 8.25. The van der Waals surface area contributed by atoms with Crippen molar-refractivity contribution in [2.75, 3.05) is 37.4 Å². The molecule has 0 saturated heterocycles. The third-order valence-electron chi connectivity index (χ3n) is 5.38. The number of likely N-dealkylation sites (N-methyl/N-ethyl adjacent to an activating group) is 1. The van der Waals surface area contributed by atoms with Crippen LogP contribution in [-0.2, 0) is 11.2 Å². The molecule has 0 aromatic heterocycles. The zero-order chi connectivity index (χ0) is 23.8. The second kappa shape index (κ2) is 16.0. The maximum absolute atomic E-state index is 10.7. The van der Waals surface area contributed by atoms with E-state index in [4.69, 9.17) is 0 Å². The average molecular weight is 439 g/mol. The van der Waals surface area contributed by atoms with E-state index in [1.54, 1.807) is 0 Å². The number of hydrogen-bond donors (Lipinski definition) is 2. The highest BCUT2D eigenvalue weighted by Gasteiger charge is 2.04. The molecule has 2 N–H and O–H groups in total. The SMILES string of the molecule is C=CC(C/C=C\C(CN(C)CCCCC)=C(C)C)=NCNc1cc(NC=O)ccc1CC. The maximum atomic E-state index is 10.7. The van der Waals surface area contributed by atoms with Gasteiger partial charge >= 0.3 is 0 Å². The maximum Gasteiger partial charge on any atom is 0.211 e. The summed E-state index contributed by atoms with van der Waals surface area (Å²) in [5.74, 6) is 0. The number of nitrogens with one attached hydrogen (secondary N) is 2. The number of nitrogens with zero attached hydrogens (tertiary/aromatic N) is 2. The molecule has 5 nitrogen and oxygen atoms in total. The Hall–Kier alpha value is -2.66. The van der Waals surface area contributed by atoms with Crippen LogP contribution in [0.4, 0.5) is 11.4 Å². The van der Waals surface area contributed by atoms with Crippen molar-refractivity contribution in [3.63, 3.8) is 0 Å². The minimum atomic E-state index is 0.461. The summed E-state index contributed by atoms with van der Waals surface area (Å²) in [6, 6.07) is 5.87. The minimum absolute atomic E-state index is 0.461. The summed E-state index contributed by atoms with van der Waals surface area (Å²) in [6.45, 7) is 15.2. The summed E-state index contributed by atoms with van der Waals surface area (Å²) in [7, 11) is 2.19. The Kier molecular flexibility index (Phi) is 13.7. The lowest BCUT2D eigenvalue weighted by Gasteiger charge is -2.18. The van der Waals surface area contributed by atoms with E-state index in [-0.39, 0.29) is 0 Å². The number of unbranched alkanes of at least 4 members (excludes halogenated alkanes) is 2. The molecule has 5 heteroatoms. The fourth-order valence-corrected chi connectivity index (χ4v) is 3.35. The molecule has 0 radical (unpaired) electrons. The van der Waals surface area contributed by atoms with Crippen molar-refractivity contribution < 1.29 is 4.79 Å². The zero-order valence-electron chi connectivity index (χ0n) is 20.7. The highest BCUT2D eigenvalue weighted by Crippen LogP contribution is 2.21. The van der Waals surface area contributed by atoms with Crippen molar-refractivity contribution in [1.82, 2.24) is 4.90 Å². The molecule has 0 aliphatic rings. The van der Waals surface area contributed by atoms with Gasteiger partial charge in [-0.2, -0.15) is 0 Å². The summed E-state index contributed by atoms with van der Waals surface area (Å²) in [6.07, 6.45) is 12.3. The first-order chi connectivity index (χ1) is 15.4. The number of rotatable bonds is 16. The van der Waals surface area contributed by atoms with Crippen molar-refractivity contribution in [2.24, 2.45) is 4.99 Å². The molecule has 176 valence electrons. The van der Waals surface area contributed by atoms with Crippen LogP contribution in [-0.4, -0.2) is 43.8 Å². The lowest BCUT2D eigenvalue weighted by molar-refractivity contribution is -0.105. The van der Waals surface area contributed by atoms with Gasteiger partial charge in [-0.1, -0.05) is 57.1 Å². The number of anilines is 2. The van der Waals surface area contributed by atoms with E-state index in [0.717, 1.165) is 43.0 Å². The summed E-state index contributed by atoms with van der Waals surface area (Å²) in [4.78, 5) is 17.8. The third-order valence-corrected chi connectivity index (χ3v) is 5.38. The molecule has 1 aromatic carbocycles. The molecule has 1 rings (SSSR count). The van der Waals surface area contributed by atoms with Gasteiger partial charge in [-0.05, 0) is 69.6 Å². The van der Waals surface area contributed by atoms with Crippen LogP contribution in [0.5, 0.6) is 0 Å². The van der Waals surface area contributed by atoms with Crippen LogP contribution >= 0.6 is 0 Å². The standard InChI is InChI=1S/C27H42N4O/c1-7-10-11-17-31(6)19-24(22(4)5)13-12-14-25(9-3)28-20-29-27-18-26(30-21-32)16-15-23(27)8-2/h9,12-13,15-16,18,21,29H,3,7-8,10-11,14,17,19-20H2,1-2,4-6H3,(H,30,32)/b13-12-,28-25?. The quantitative estimate of drug-likeness (QED) is 0.139. The molecular weight excluding hydrogens is 396 g/mol. The third kappa shape index (κ3) is 10.6. The van der Waals surface area contributed by atoms with Crippen molar-refractivity contribution in [3.05, 3.63) is 59.7 Å². The Balaban J connectivity index is 2.69. The van der Waals surface area contributed by atoms with Crippen molar-refractivity contribution in [1.29, 1.82) is 0 Å². The molecule has 0 bridgehead atoms. The number of carbonyl (C=O) groups is 1. The normalized spacial score (nSPS) is 11.6. The van der Waals surface area contributed by atoms with E-state index >= 15 is 0 Å². The first kappa shape index (κ1) is 27.4. The number of carbonyl (C=O) groups excluding carboxylic acids is 1. The van der Waals surface area contributed by atoms with Gasteiger partial charge in [0.2, 0.25) is 6.41 Å². The van der Waals surface area contributed by atoms with E-state index in [9.17, 15) is 4.79 Å². The predicted octanol–water partition coefficient (Wildman–Crippen LogP) is 6.22. The Morgan fingerprint density at radius 1 is 1.22 bits per heavy atom. The fraction of sp³-hybridized carbons (Fsp3) is 0.481. The van der Waals surface area contributed by atoms with Crippen LogP contribution in [0.3, 0.4) is 0 Å². The largest absolute Gasteiger partial charge is 0.366 e. The number of amides is 1. The van der Waals surface area contributed by atoms with Gasteiger partial charge < -0.3 is 15.5 Å². The molecular formula is C27H42N4O. The van der Waals surface area contributed by atoms with Gasteiger partial charge in [-0.3, -0.25) is 9.79 Å². The lowest BCUT2D eigenvalue weighted by atomic mass is 10.1. The van der Waals surface area contributed by atoms with Crippen molar-refractivity contribution in [2.45, 2.75) is 59.8 Å². The molecule has 0 heterocycles. The summed E-state index contributed by atoms with van der Waals surface area (Å²) >= 11 is 0. The molecule has 1 aromatic rings.